The van der Waals surface area contributed by atoms with Gasteiger partial charge in [0.15, 0.2) is 0 Å². The van der Waals surface area contributed by atoms with E-state index in [1.807, 2.05) is 0 Å². The van der Waals surface area contributed by atoms with Crippen molar-refractivity contribution in [2.45, 2.75) is 13.2 Å². The van der Waals surface area contributed by atoms with Crippen LogP contribution in [-0.2, 0) is 13.2 Å². The molecule has 0 saturated carbocycles. The molecule has 0 bridgehead atoms. The lowest BCUT2D eigenvalue weighted by molar-refractivity contribution is 0.295. The molecule has 0 spiro atoms. The molecule has 1 aromatic heterocycles. The van der Waals surface area contributed by atoms with Crippen molar-refractivity contribution in [3.63, 3.8) is 0 Å². The van der Waals surface area contributed by atoms with E-state index in [2.05, 4.69) is 9.97 Å². The van der Waals surface area contributed by atoms with Crippen LogP contribution in [0.3, 0.4) is 0 Å². The average Bonchev–Trinajstić information content (AvgIpc) is 2.37. The minimum atomic E-state index is -0.267. The minimum absolute atomic E-state index is 0.0877. The molecule has 1 aromatic carbocycles. The summed E-state index contributed by atoms with van der Waals surface area (Å²) in [5, 5.41) is 0.916. The number of aromatic nitrogens is 2. The fraction of sp³-hybridized carbons (Fsp3) is 0.167. The van der Waals surface area contributed by atoms with E-state index in [1.54, 1.807) is 18.2 Å². The van der Waals surface area contributed by atoms with Crippen molar-refractivity contribution in [2.75, 3.05) is 0 Å². The van der Waals surface area contributed by atoms with Crippen LogP contribution in [0.2, 0.25) is 10.0 Å². The molecule has 3 N–H and O–H groups in total. The van der Waals surface area contributed by atoms with Gasteiger partial charge in [0.1, 0.15) is 18.2 Å². The van der Waals surface area contributed by atoms with Gasteiger partial charge in [-0.2, -0.15) is 0 Å². The molecule has 0 saturated heterocycles. The fourth-order valence-electron chi connectivity index (χ4n) is 1.47. The smallest absolute Gasteiger partial charge is 0.251 e. The average molecular weight is 300 g/mol. The van der Waals surface area contributed by atoms with Crippen LogP contribution in [-0.4, -0.2) is 9.97 Å². The number of rotatable bonds is 4. The Hall–Kier alpha value is -1.56. The second-order valence-corrected chi connectivity index (χ2v) is 4.59. The van der Waals surface area contributed by atoms with E-state index in [4.69, 9.17) is 33.7 Å². The van der Waals surface area contributed by atoms with Crippen molar-refractivity contribution in [3.05, 3.63) is 56.2 Å². The highest BCUT2D eigenvalue weighted by atomic mass is 35.5. The van der Waals surface area contributed by atoms with Crippen LogP contribution < -0.4 is 16.0 Å². The molecule has 2 aromatic rings. The van der Waals surface area contributed by atoms with Crippen molar-refractivity contribution < 1.29 is 4.74 Å². The molecule has 0 fully saturated rings. The summed E-state index contributed by atoms with van der Waals surface area (Å²) in [6, 6.07) is 6.23. The Balaban J connectivity index is 2.14. The number of ether oxygens (including phenoxy) is 1. The van der Waals surface area contributed by atoms with Crippen LogP contribution in [0, 0.1) is 0 Å². The highest BCUT2D eigenvalue weighted by Gasteiger charge is 2.05. The van der Waals surface area contributed by atoms with Crippen molar-refractivity contribution in [2.24, 2.45) is 5.73 Å². The Bertz CT molecular complexity index is 643. The fourth-order valence-corrected chi connectivity index (χ4v) is 1.94. The number of nitrogens with one attached hydrogen (secondary N) is 1. The van der Waals surface area contributed by atoms with Gasteiger partial charge < -0.3 is 15.5 Å². The normalized spacial score (nSPS) is 10.5. The molecular weight excluding hydrogens is 289 g/mol. The molecule has 100 valence electrons. The number of aromatic amines is 1. The topological polar surface area (TPSA) is 81.0 Å². The van der Waals surface area contributed by atoms with Gasteiger partial charge in [0, 0.05) is 17.6 Å². The monoisotopic (exact) mass is 299 g/mol. The third-order valence-corrected chi connectivity index (χ3v) is 2.84. The minimum Gasteiger partial charge on any atom is -0.484 e. The lowest BCUT2D eigenvalue weighted by Gasteiger charge is -2.08. The number of hydrogen-bond acceptors (Lipinski definition) is 4. The first-order chi connectivity index (χ1) is 9.08. The highest BCUT2D eigenvalue weighted by molar-refractivity contribution is 6.35. The quantitative estimate of drug-likeness (QED) is 0.906. The Labute approximate surface area is 119 Å². The van der Waals surface area contributed by atoms with Crippen molar-refractivity contribution >= 4 is 23.2 Å². The third kappa shape index (κ3) is 3.70. The molecule has 7 heteroatoms. The molecule has 2 rings (SSSR count). The first kappa shape index (κ1) is 13.9. The first-order valence-corrected chi connectivity index (χ1v) is 6.21. The lowest BCUT2D eigenvalue weighted by atomic mass is 10.3. The summed E-state index contributed by atoms with van der Waals surface area (Å²) in [7, 11) is 0. The van der Waals surface area contributed by atoms with Crippen LogP contribution in [0.15, 0.2) is 29.1 Å². The number of nitrogens with two attached hydrogens (primary N) is 1. The van der Waals surface area contributed by atoms with E-state index in [1.165, 1.54) is 6.07 Å². The van der Waals surface area contributed by atoms with Gasteiger partial charge in [0.2, 0.25) is 0 Å². The van der Waals surface area contributed by atoms with Crippen LogP contribution in [0.25, 0.3) is 0 Å². The van der Waals surface area contributed by atoms with Crippen LogP contribution in [0.1, 0.15) is 11.5 Å². The standard InChI is InChI=1S/C12H11Cl2N3O2/c13-7-1-2-10(9(14)3-7)19-6-11-16-8(5-15)4-12(18)17-11/h1-4H,5-6,15H2,(H,16,17,18). The number of H-pyrrole nitrogens is 1. The third-order valence-electron chi connectivity index (χ3n) is 2.31. The zero-order chi connectivity index (χ0) is 13.8. The Morgan fingerprint density at radius 2 is 2.11 bits per heavy atom. The molecule has 0 radical (unpaired) electrons. The van der Waals surface area contributed by atoms with Gasteiger partial charge >= 0.3 is 0 Å². The van der Waals surface area contributed by atoms with E-state index in [9.17, 15) is 4.79 Å². The van der Waals surface area contributed by atoms with Crippen LogP contribution in [0.5, 0.6) is 5.75 Å². The summed E-state index contributed by atoms with van der Waals surface area (Å²) in [5.74, 6) is 0.853. The van der Waals surface area contributed by atoms with Gasteiger partial charge in [-0.25, -0.2) is 4.98 Å². The van der Waals surface area contributed by atoms with Gasteiger partial charge in [-0.15, -0.1) is 0 Å². The predicted octanol–water partition coefficient (Wildman–Crippen LogP) is 2.11. The Morgan fingerprint density at radius 3 is 2.79 bits per heavy atom. The summed E-state index contributed by atoms with van der Waals surface area (Å²) in [6.45, 7) is 0.281. The van der Waals surface area contributed by atoms with E-state index in [0.717, 1.165) is 0 Å². The maximum Gasteiger partial charge on any atom is 0.251 e. The first-order valence-electron chi connectivity index (χ1n) is 5.45. The molecule has 0 atom stereocenters. The molecule has 0 aliphatic heterocycles. The highest BCUT2D eigenvalue weighted by Crippen LogP contribution is 2.27. The summed E-state index contributed by atoms with van der Waals surface area (Å²) < 4.78 is 5.47. The molecular formula is C12H11Cl2N3O2. The van der Waals surface area contributed by atoms with E-state index >= 15 is 0 Å². The number of hydrogen-bond donors (Lipinski definition) is 2. The van der Waals surface area contributed by atoms with Crippen molar-refractivity contribution in [3.8, 4) is 5.75 Å². The van der Waals surface area contributed by atoms with Gasteiger partial charge in [-0.3, -0.25) is 4.79 Å². The zero-order valence-corrected chi connectivity index (χ0v) is 11.3. The second kappa shape index (κ2) is 6.06. The number of nitrogens with zero attached hydrogens (tertiary/aromatic N) is 1. The van der Waals surface area contributed by atoms with E-state index < -0.39 is 0 Å². The number of halogens is 2. The molecule has 0 aliphatic rings. The van der Waals surface area contributed by atoms with Crippen molar-refractivity contribution in [1.82, 2.24) is 9.97 Å². The van der Waals surface area contributed by atoms with Gasteiger partial charge in [-0.1, -0.05) is 23.2 Å². The SMILES string of the molecule is NCc1cc(=O)[nH]c(COc2ccc(Cl)cc2Cl)n1. The number of benzene rings is 1. The van der Waals surface area contributed by atoms with E-state index in [0.29, 0.717) is 27.3 Å². The van der Waals surface area contributed by atoms with Gasteiger partial charge in [0.05, 0.1) is 10.7 Å². The molecule has 0 aliphatic carbocycles. The molecule has 19 heavy (non-hydrogen) atoms. The van der Waals surface area contributed by atoms with Crippen LogP contribution >= 0.6 is 23.2 Å². The Morgan fingerprint density at radius 1 is 1.32 bits per heavy atom. The summed E-state index contributed by atoms with van der Waals surface area (Å²) in [5.41, 5.74) is 5.68. The second-order valence-electron chi connectivity index (χ2n) is 3.75. The zero-order valence-electron chi connectivity index (χ0n) is 9.82. The molecule has 0 unspecified atom stereocenters. The Kier molecular flexibility index (Phi) is 4.42. The lowest BCUT2D eigenvalue weighted by Crippen LogP contribution is -2.16. The predicted molar refractivity (Wildman–Crippen MR) is 73.5 cm³/mol. The maximum absolute atomic E-state index is 11.3. The summed E-state index contributed by atoms with van der Waals surface area (Å²) >= 11 is 11.7. The largest absolute Gasteiger partial charge is 0.484 e. The van der Waals surface area contributed by atoms with Gasteiger partial charge in [-0.05, 0) is 18.2 Å². The maximum atomic E-state index is 11.3. The summed E-state index contributed by atoms with van der Waals surface area (Å²) in [6.07, 6.45) is 0. The molecule has 1 heterocycles. The van der Waals surface area contributed by atoms with E-state index in [-0.39, 0.29) is 18.7 Å². The summed E-state index contributed by atoms with van der Waals surface area (Å²) in [4.78, 5) is 18.0. The van der Waals surface area contributed by atoms with Gasteiger partial charge in [0.25, 0.3) is 5.56 Å². The van der Waals surface area contributed by atoms with Crippen LogP contribution in [0.4, 0.5) is 0 Å². The molecule has 0 amide bonds. The van der Waals surface area contributed by atoms with Crippen molar-refractivity contribution in [1.29, 1.82) is 0 Å². The molecule has 5 nitrogen and oxygen atoms in total.